The Balaban J connectivity index is 1.67. The molecule has 5 nitrogen and oxygen atoms in total. The van der Waals surface area contributed by atoms with Crippen LogP contribution in [0.1, 0.15) is 52.2 Å². The third-order valence-corrected chi connectivity index (χ3v) is 5.27. The molecule has 2 fully saturated rings. The molecule has 2 aliphatic heterocycles. The Morgan fingerprint density at radius 3 is 2.46 bits per heavy atom. The van der Waals surface area contributed by atoms with Crippen LogP contribution in [0.5, 0.6) is 0 Å². The van der Waals surface area contributed by atoms with Crippen molar-refractivity contribution in [3.05, 3.63) is 35.9 Å². The maximum atomic E-state index is 12.3. The van der Waals surface area contributed by atoms with Crippen molar-refractivity contribution in [2.45, 2.75) is 57.8 Å². The average molecular weight is 360 g/mol. The minimum absolute atomic E-state index is 0.0953. The van der Waals surface area contributed by atoms with Crippen molar-refractivity contribution in [3.8, 4) is 0 Å². The number of nitrogens with zero attached hydrogens (tertiary/aromatic N) is 2. The van der Waals surface area contributed by atoms with Crippen LogP contribution in [0, 0.1) is 0 Å². The zero-order valence-corrected chi connectivity index (χ0v) is 16.5. The molecule has 1 aromatic carbocycles. The Morgan fingerprint density at radius 1 is 1.23 bits per heavy atom. The first-order chi connectivity index (χ1) is 12.3. The lowest BCUT2D eigenvalue weighted by Gasteiger charge is -2.50. The molecule has 144 valence electrons. The molecule has 2 saturated heterocycles. The van der Waals surface area contributed by atoms with E-state index in [4.69, 9.17) is 9.47 Å². The minimum atomic E-state index is -0.453. The average Bonchev–Trinajstić information content (AvgIpc) is 2.61. The number of ether oxygens (including phenoxy) is 2. The molecule has 3 rings (SSSR count). The highest BCUT2D eigenvalue weighted by atomic mass is 16.6. The second-order valence-electron chi connectivity index (χ2n) is 8.50. The van der Waals surface area contributed by atoms with Crippen LogP contribution < -0.4 is 0 Å². The Kier molecular flexibility index (Phi) is 5.58. The Hall–Kier alpha value is -1.59. The standard InChI is InChI=1S/C21H32N2O3/c1-5-22-15-18(17-9-7-6-8-10-17)25-21(16-22)11-13-23(14-12-21)19(24)26-20(2,3)4/h6-10,18H,5,11-16H2,1-4H3/t18-/m1/s1. The van der Waals surface area contributed by atoms with E-state index in [1.165, 1.54) is 5.56 Å². The summed E-state index contributed by atoms with van der Waals surface area (Å²) in [7, 11) is 0. The summed E-state index contributed by atoms with van der Waals surface area (Å²) in [6.45, 7) is 12.2. The van der Waals surface area contributed by atoms with Crippen molar-refractivity contribution < 1.29 is 14.3 Å². The Morgan fingerprint density at radius 2 is 1.88 bits per heavy atom. The number of benzene rings is 1. The molecule has 5 heteroatoms. The number of carbonyl (C=O) groups is 1. The fourth-order valence-corrected chi connectivity index (χ4v) is 3.86. The molecule has 0 aromatic heterocycles. The van der Waals surface area contributed by atoms with Gasteiger partial charge in [0.1, 0.15) is 5.60 Å². The van der Waals surface area contributed by atoms with Crippen molar-refractivity contribution in [1.29, 1.82) is 0 Å². The summed E-state index contributed by atoms with van der Waals surface area (Å²) in [5.74, 6) is 0. The minimum Gasteiger partial charge on any atom is -0.444 e. The van der Waals surface area contributed by atoms with E-state index in [0.29, 0.717) is 13.1 Å². The van der Waals surface area contributed by atoms with Crippen molar-refractivity contribution in [3.63, 3.8) is 0 Å². The van der Waals surface area contributed by atoms with Gasteiger partial charge in [-0.1, -0.05) is 37.3 Å². The number of hydrogen-bond donors (Lipinski definition) is 0. The number of morpholine rings is 1. The Labute approximate surface area is 157 Å². The van der Waals surface area contributed by atoms with Gasteiger partial charge in [-0.05, 0) is 45.7 Å². The molecule has 0 N–H and O–H groups in total. The van der Waals surface area contributed by atoms with Crippen molar-refractivity contribution >= 4 is 6.09 Å². The van der Waals surface area contributed by atoms with E-state index in [-0.39, 0.29) is 17.8 Å². The van der Waals surface area contributed by atoms with Gasteiger partial charge in [-0.3, -0.25) is 4.90 Å². The topological polar surface area (TPSA) is 42.0 Å². The zero-order chi connectivity index (χ0) is 18.8. The molecule has 1 spiro atoms. The number of likely N-dealkylation sites (N-methyl/N-ethyl adjacent to an activating group) is 1. The predicted octanol–water partition coefficient (Wildman–Crippen LogP) is 3.85. The van der Waals surface area contributed by atoms with Gasteiger partial charge in [0.15, 0.2) is 0 Å². The number of amides is 1. The molecule has 0 aliphatic carbocycles. The SMILES string of the molecule is CCN1C[C@H](c2ccccc2)OC2(CCN(C(=O)OC(C)(C)C)CC2)C1. The second-order valence-corrected chi connectivity index (χ2v) is 8.50. The van der Waals surface area contributed by atoms with Crippen molar-refractivity contribution in [2.75, 3.05) is 32.7 Å². The quantitative estimate of drug-likeness (QED) is 0.803. The molecule has 2 aliphatic rings. The largest absolute Gasteiger partial charge is 0.444 e. The molecule has 26 heavy (non-hydrogen) atoms. The fraction of sp³-hybridized carbons (Fsp3) is 0.667. The molecular formula is C21H32N2O3. The third kappa shape index (κ3) is 4.57. The van der Waals surface area contributed by atoms with Crippen LogP contribution in [-0.2, 0) is 9.47 Å². The van der Waals surface area contributed by atoms with Crippen LogP contribution >= 0.6 is 0 Å². The molecule has 2 heterocycles. The van der Waals surface area contributed by atoms with Gasteiger partial charge in [0.25, 0.3) is 0 Å². The molecule has 0 bridgehead atoms. The summed E-state index contributed by atoms with van der Waals surface area (Å²) in [5, 5.41) is 0. The summed E-state index contributed by atoms with van der Waals surface area (Å²) in [6.07, 6.45) is 1.59. The summed E-state index contributed by atoms with van der Waals surface area (Å²) in [4.78, 5) is 16.6. The van der Waals surface area contributed by atoms with Gasteiger partial charge in [-0.25, -0.2) is 4.79 Å². The molecular weight excluding hydrogens is 328 g/mol. The van der Waals surface area contributed by atoms with Gasteiger partial charge in [0.2, 0.25) is 0 Å². The van der Waals surface area contributed by atoms with Crippen molar-refractivity contribution in [1.82, 2.24) is 9.80 Å². The highest BCUT2D eigenvalue weighted by Gasteiger charge is 2.44. The van der Waals surface area contributed by atoms with Crippen molar-refractivity contribution in [2.24, 2.45) is 0 Å². The van der Waals surface area contributed by atoms with E-state index < -0.39 is 5.60 Å². The van der Waals surface area contributed by atoms with E-state index in [2.05, 4.69) is 36.1 Å². The van der Waals surface area contributed by atoms with Gasteiger partial charge in [-0.15, -0.1) is 0 Å². The first-order valence-electron chi connectivity index (χ1n) is 9.73. The smallest absolute Gasteiger partial charge is 0.410 e. The van der Waals surface area contributed by atoms with Crippen LogP contribution in [0.4, 0.5) is 4.79 Å². The first-order valence-corrected chi connectivity index (χ1v) is 9.73. The number of carbonyl (C=O) groups excluding carboxylic acids is 1. The molecule has 0 unspecified atom stereocenters. The molecule has 1 atom stereocenters. The van der Waals surface area contributed by atoms with Gasteiger partial charge < -0.3 is 14.4 Å². The molecule has 0 radical (unpaired) electrons. The summed E-state index contributed by atoms with van der Waals surface area (Å²) in [6, 6.07) is 10.5. The lowest BCUT2D eigenvalue weighted by atomic mass is 9.88. The highest BCUT2D eigenvalue weighted by Crippen LogP contribution is 2.37. The lowest BCUT2D eigenvalue weighted by molar-refractivity contribution is -0.176. The summed E-state index contributed by atoms with van der Waals surface area (Å²) < 4.78 is 12.2. The van der Waals surface area contributed by atoms with Gasteiger partial charge in [0, 0.05) is 26.2 Å². The Bertz CT molecular complexity index is 603. The number of hydrogen-bond acceptors (Lipinski definition) is 4. The van der Waals surface area contributed by atoms with E-state index in [0.717, 1.165) is 32.5 Å². The monoisotopic (exact) mass is 360 g/mol. The number of piperidine rings is 1. The van der Waals surface area contributed by atoms with Crippen LogP contribution in [0.3, 0.4) is 0 Å². The van der Waals surface area contributed by atoms with E-state index >= 15 is 0 Å². The highest BCUT2D eigenvalue weighted by molar-refractivity contribution is 5.68. The van der Waals surface area contributed by atoms with Gasteiger partial charge >= 0.3 is 6.09 Å². The van der Waals surface area contributed by atoms with Crippen LogP contribution in [0.25, 0.3) is 0 Å². The second kappa shape index (κ2) is 7.57. The number of likely N-dealkylation sites (tertiary alicyclic amines) is 1. The molecule has 0 saturated carbocycles. The summed E-state index contributed by atoms with van der Waals surface area (Å²) in [5.41, 5.74) is 0.609. The van der Waals surface area contributed by atoms with Crippen LogP contribution in [-0.4, -0.2) is 59.8 Å². The molecule has 1 aromatic rings. The maximum Gasteiger partial charge on any atom is 0.410 e. The van der Waals surface area contributed by atoms with Gasteiger partial charge in [-0.2, -0.15) is 0 Å². The first kappa shape index (κ1) is 19.2. The fourth-order valence-electron chi connectivity index (χ4n) is 3.86. The zero-order valence-electron chi connectivity index (χ0n) is 16.5. The molecule has 1 amide bonds. The van der Waals surface area contributed by atoms with E-state index in [1.807, 2.05) is 31.7 Å². The summed E-state index contributed by atoms with van der Waals surface area (Å²) >= 11 is 0. The normalized spacial score (nSPS) is 23.8. The number of rotatable bonds is 2. The maximum absolute atomic E-state index is 12.3. The predicted molar refractivity (Wildman–Crippen MR) is 102 cm³/mol. The van der Waals surface area contributed by atoms with Crippen LogP contribution in [0.2, 0.25) is 0 Å². The van der Waals surface area contributed by atoms with Gasteiger partial charge in [0.05, 0.1) is 11.7 Å². The van der Waals surface area contributed by atoms with Crippen LogP contribution in [0.15, 0.2) is 30.3 Å². The van der Waals surface area contributed by atoms with E-state index in [9.17, 15) is 4.79 Å². The lowest BCUT2D eigenvalue weighted by Crippen LogP contribution is -2.58. The van der Waals surface area contributed by atoms with E-state index in [1.54, 1.807) is 0 Å². The third-order valence-electron chi connectivity index (χ3n) is 5.27.